The van der Waals surface area contributed by atoms with Gasteiger partial charge in [0, 0.05) is 11.6 Å². The number of hydrogen-bond acceptors (Lipinski definition) is 4. The first kappa shape index (κ1) is 20.4. The fraction of sp³-hybridized carbons (Fsp3) is 0.591. The zero-order valence-corrected chi connectivity index (χ0v) is 16.9. The fourth-order valence-electron chi connectivity index (χ4n) is 4.64. The van der Waals surface area contributed by atoms with Crippen molar-refractivity contribution in [3.63, 3.8) is 0 Å². The van der Waals surface area contributed by atoms with E-state index in [1.54, 1.807) is 12.1 Å². The average Bonchev–Trinajstić information content (AvgIpc) is 3.30. The Hall–Kier alpha value is -2.37. The zero-order valence-electron chi connectivity index (χ0n) is 16.9. The molecule has 2 amide bonds. The number of benzene rings is 1. The summed E-state index contributed by atoms with van der Waals surface area (Å²) in [7, 11) is 0. The molecule has 4 atom stereocenters. The van der Waals surface area contributed by atoms with Gasteiger partial charge in [0.15, 0.2) is 6.61 Å². The molecule has 1 aromatic rings. The van der Waals surface area contributed by atoms with E-state index in [2.05, 4.69) is 10.6 Å². The Labute approximate surface area is 166 Å². The molecule has 1 aromatic carbocycles. The minimum Gasteiger partial charge on any atom is -0.454 e. The number of amides is 2. The lowest BCUT2D eigenvalue weighted by Crippen LogP contribution is -2.42. The van der Waals surface area contributed by atoms with Crippen LogP contribution in [0.2, 0.25) is 0 Å². The molecule has 2 aliphatic rings. The SMILES string of the molecule is Cc1ccc(C(=O)NCC(=O)OCC(=O)N[C@H](C)[C@@H]2C[C@H]3CC[C@H]2C3)cc1C. The second-order valence-corrected chi connectivity index (χ2v) is 8.34. The van der Waals surface area contributed by atoms with Gasteiger partial charge in [-0.2, -0.15) is 0 Å². The Morgan fingerprint density at radius 2 is 1.93 bits per heavy atom. The van der Waals surface area contributed by atoms with Crippen molar-refractivity contribution >= 4 is 17.8 Å². The van der Waals surface area contributed by atoms with Gasteiger partial charge in [-0.15, -0.1) is 0 Å². The molecular weight excluding hydrogens is 356 g/mol. The van der Waals surface area contributed by atoms with Gasteiger partial charge in [0.25, 0.3) is 11.8 Å². The Balaban J connectivity index is 1.36. The second kappa shape index (κ2) is 8.76. The number of esters is 1. The smallest absolute Gasteiger partial charge is 0.325 e. The molecule has 0 heterocycles. The summed E-state index contributed by atoms with van der Waals surface area (Å²) < 4.78 is 4.99. The van der Waals surface area contributed by atoms with Crippen LogP contribution in [0.1, 0.15) is 54.1 Å². The maximum atomic E-state index is 12.1. The molecule has 28 heavy (non-hydrogen) atoms. The lowest BCUT2D eigenvalue weighted by Gasteiger charge is -2.28. The predicted octanol–water partition coefficient (Wildman–Crippen LogP) is 2.52. The lowest BCUT2D eigenvalue weighted by atomic mass is 9.84. The molecule has 152 valence electrons. The molecule has 6 nitrogen and oxygen atoms in total. The summed E-state index contributed by atoms with van der Waals surface area (Å²) in [5.41, 5.74) is 2.60. The maximum absolute atomic E-state index is 12.1. The van der Waals surface area contributed by atoms with Crippen LogP contribution in [0.4, 0.5) is 0 Å². The highest BCUT2D eigenvalue weighted by Crippen LogP contribution is 2.49. The molecule has 0 radical (unpaired) electrons. The first-order chi connectivity index (χ1) is 13.3. The van der Waals surface area contributed by atoms with E-state index in [0.29, 0.717) is 11.5 Å². The molecule has 2 bridgehead atoms. The molecule has 3 rings (SSSR count). The van der Waals surface area contributed by atoms with E-state index >= 15 is 0 Å². The summed E-state index contributed by atoms with van der Waals surface area (Å²) in [5, 5.41) is 5.49. The van der Waals surface area contributed by atoms with Crippen molar-refractivity contribution in [1.29, 1.82) is 0 Å². The van der Waals surface area contributed by atoms with E-state index < -0.39 is 5.97 Å². The Morgan fingerprint density at radius 1 is 1.14 bits per heavy atom. The van der Waals surface area contributed by atoms with Crippen LogP contribution in [0.15, 0.2) is 18.2 Å². The van der Waals surface area contributed by atoms with Crippen LogP contribution >= 0.6 is 0 Å². The average molecular weight is 386 g/mol. The van der Waals surface area contributed by atoms with Gasteiger partial charge in [-0.1, -0.05) is 12.5 Å². The van der Waals surface area contributed by atoms with Crippen molar-refractivity contribution in [2.75, 3.05) is 13.2 Å². The number of carbonyl (C=O) groups excluding carboxylic acids is 3. The molecule has 0 spiro atoms. The summed E-state index contributed by atoms with van der Waals surface area (Å²) in [6.45, 7) is 5.35. The predicted molar refractivity (Wildman–Crippen MR) is 106 cm³/mol. The highest BCUT2D eigenvalue weighted by molar-refractivity contribution is 5.96. The monoisotopic (exact) mass is 386 g/mol. The Morgan fingerprint density at radius 3 is 2.57 bits per heavy atom. The topological polar surface area (TPSA) is 84.5 Å². The van der Waals surface area contributed by atoms with E-state index in [9.17, 15) is 14.4 Å². The maximum Gasteiger partial charge on any atom is 0.325 e. The molecule has 0 aromatic heterocycles. The van der Waals surface area contributed by atoms with E-state index in [1.807, 2.05) is 26.8 Å². The van der Waals surface area contributed by atoms with Crippen LogP contribution in [-0.4, -0.2) is 37.0 Å². The van der Waals surface area contributed by atoms with Gasteiger partial charge in [0.05, 0.1) is 0 Å². The van der Waals surface area contributed by atoms with Gasteiger partial charge < -0.3 is 15.4 Å². The number of carbonyl (C=O) groups is 3. The van der Waals surface area contributed by atoms with Crippen LogP contribution in [0.25, 0.3) is 0 Å². The fourth-order valence-corrected chi connectivity index (χ4v) is 4.64. The first-order valence-corrected chi connectivity index (χ1v) is 10.1. The van der Waals surface area contributed by atoms with Gasteiger partial charge in [-0.3, -0.25) is 14.4 Å². The molecule has 2 N–H and O–H groups in total. The van der Waals surface area contributed by atoms with E-state index in [4.69, 9.17) is 4.74 Å². The summed E-state index contributed by atoms with van der Waals surface area (Å²) in [4.78, 5) is 36.0. The lowest BCUT2D eigenvalue weighted by molar-refractivity contribution is -0.147. The molecule has 6 heteroatoms. The molecule has 0 saturated heterocycles. The van der Waals surface area contributed by atoms with Gasteiger partial charge in [-0.25, -0.2) is 0 Å². The van der Waals surface area contributed by atoms with E-state index in [0.717, 1.165) is 23.0 Å². The first-order valence-electron chi connectivity index (χ1n) is 10.1. The molecule has 2 saturated carbocycles. The van der Waals surface area contributed by atoms with Crippen molar-refractivity contribution in [3.8, 4) is 0 Å². The number of fused-ring (bicyclic) bond motifs is 2. The summed E-state index contributed by atoms with van der Waals surface area (Å²) in [5.74, 6) is 0.839. The largest absolute Gasteiger partial charge is 0.454 e. The number of rotatable bonds is 7. The Kier molecular flexibility index (Phi) is 6.37. The number of aryl methyl sites for hydroxylation is 2. The molecule has 0 aliphatic heterocycles. The van der Waals surface area contributed by atoms with Gasteiger partial charge in [-0.05, 0) is 81.0 Å². The molecule has 0 unspecified atom stereocenters. The van der Waals surface area contributed by atoms with Crippen LogP contribution in [0, 0.1) is 31.6 Å². The van der Waals surface area contributed by atoms with Crippen molar-refractivity contribution < 1.29 is 19.1 Å². The third-order valence-corrected chi connectivity index (χ3v) is 6.35. The van der Waals surface area contributed by atoms with Crippen molar-refractivity contribution in [1.82, 2.24) is 10.6 Å². The molecular formula is C22H30N2O4. The summed E-state index contributed by atoms with van der Waals surface area (Å²) in [6.07, 6.45) is 5.08. The highest BCUT2D eigenvalue weighted by atomic mass is 16.5. The van der Waals surface area contributed by atoms with Crippen molar-refractivity contribution in [3.05, 3.63) is 34.9 Å². The number of nitrogens with one attached hydrogen (secondary N) is 2. The van der Waals surface area contributed by atoms with Crippen LogP contribution in [0.3, 0.4) is 0 Å². The van der Waals surface area contributed by atoms with Gasteiger partial charge >= 0.3 is 5.97 Å². The van der Waals surface area contributed by atoms with Crippen molar-refractivity contribution in [2.24, 2.45) is 17.8 Å². The van der Waals surface area contributed by atoms with E-state index in [1.165, 1.54) is 25.7 Å². The molecule has 2 fully saturated rings. The Bertz CT molecular complexity index is 761. The van der Waals surface area contributed by atoms with E-state index in [-0.39, 0.29) is 31.0 Å². The third-order valence-electron chi connectivity index (χ3n) is 6.35. The van der Waals surface area contributed by atoms with Crippen LogP contribution in [-0.2, 0) is 14.3 Å². The van der Waals surface area contributed by atoms with Gasteiger partial charge in [0.1, 0.15) is 6.54 Å². The van der Waals surface area contributed by atoms with Crippen molar-refractivity contribution in [2.45, 2.75) is 52.5 Å². The summed E-state index contributed by atoms with van der Waals surface area (Å²) in [6, 6.07) is 5.46. The highest BCUT2D eigenvalue weighted by Gasteiger charge is 2.42. The minimum atomic E-state index is -0.625. The third kappa shape index (κ3) is 4.91. The quantitative estimate of drug-likeness (QED) is 0.705. The number of hydrogen-bond donors (Lipinski definition) is 2. The number of ether oxygens (including phenoxy) is 1. The summed E-state index contributed by atoms with van der Waals surface area (Å²) >= 11 is 0. The van der Waals surface area contributed by atoms with Gasteiger partial charge in [0.2, 0.25) is 0 Å². The second-order valence-electron chi connectivity index (χ2n) is 8.34. The minimum absolute atomic E-state index is 0.103. The zero-order chi connectivity index (χ0) is 20.3. The normalized spacial score (nSPS) is 23.9. The molecule has 2 aliphatic carbocycles. The standard InChI is InChI=1S/C22H30N2O4/c1-13-4-6-18(8-14(13)2)22(27)23-11-21(26)28-12-20(25)24-15(3)19-10-16-5-7-17(19)9-16/h4,6,8,15-17,19H,5,7,9-12H2,1-3H3,(H,23,27)(H,24,25)/t15-,16+,17+,19+/m1/s1. The van der Waals surface area contributed by atoms with Crippen LogP contribution < -0.4 is 10.6 Å². The van der Waals surface area contributed by atoms with Crippen LogP contribution in [0.5, 0.6) is 0 Å².